The summed E-state index contributed by atoms with van der Waals surface area (Å²) in [5.41, 5.74) is 0. The first-order valence-corrected chi connectivity index (χ1v) is 7.49. The Balaban J connectivity index is 2.14. The Kier molecular flexibility index (Phi) is 5.56. The minimum atomic E-state index is -3.01. The van der Waals surface area contributed by atoms with Gasteiger partial charge < -0.3 is 4.90 Å². The molecule has 0 bridgehead atoms. The summed E-state index contributed by atoms with van der Waals surface area (Å²) in [4.78, 5) is 2.33. The fraction of sp³-hybridized carbons (Fsp3) is 1.00. The molecule has 0 aliphatic carbocycles. The molecule has 0 atom stereocenters. The highest BCUT2D eigenvalue weighted by atomic mass is 32.2. The van der Waals surface area contributed by atoms with Crippen LogP contribution in [-0.2, 0) is 10.0 Å². The van der Waals surface area contributed by atoms with Crippen molar-refractivity contribution in [1.29, 1.82) is 0 Å². The highest BCUT2D eigenvalue weighted by Crippen LogP contribution is 2.07. The van der Waals surface area contributed by atoms with E-state index in [0.717, 1.165) is 19.6 Å². The molecule has 90 valence electrons. The predicted octanol–water partition coefficient (Wildman–Crippen LogP) is 0.802. The lowest BCUT2D eigenvalue weighted by molar-refractivity contribution is 0.233. The van der Waals surface area contributed by atoms with Crippen LogP contribution in [-0.4, -0.2) is 45.2 Å². The smallest absolute Gasteiger partial charge is 0.211 e. The molecule has 1 fully saturated rings. The highest BCUT2D eigenvalue weighted by molar-refractivity contribution is 7.89. The number of piperidine rings is 1. The second-order valence-electron chi connectivity index (χ2n) is 4.12. The van der Waals surface area contributed by atoms with Gasteiger partial charge >= 0.3 is 0 Å². The van der Waals surface area contributed by atoms with Gasteiger partial charge in [-0.05, 0) is 32.4 Å². The van der Waals surface area contributed by atoms with Gasteiger partial charge in [-0.2, -0.15) is 0 Å². The van der Waals surface area contributed by atoms with Crippen molar-refractivity contribution in [2.24, 2.45) is 0 Å². The van der Waals surface area contributed by atoms with Gasteiger partial charge in [0, 0.05) is 13.1 Å². The second-order valence-corrected chi connectivity index (χ2v) is 6.04. The van der Waals surface area contributed by atoms with Gasteiger partial charge in [0.25, 0.3) is 0 Å². The minimum absolute atomic E-state index is 0.243. The molecule has 0 unspecified atom stereocenters. The Morgan fingerprint density at radius 3 is 2.47 bits per heavy atom. The normalized spacial score (nSPS) is 19.3. The summed E-state index contributed by atoms with van der Waals surface area (Å²) >= 11 is 0. The van der Waals surface area contributed by atoms with E-state index in [0.29, 0.717) is 13.0 Å². The molecule has 0 aromatic rings. The lowest BCUT2D eigenvalue weighted by Crippen LogP contribution is -2.38. The quantitative estimate of drug-likeness (QED) is 0.739. The zero-order valence-corrected chi connectivity index (χ0v) is 10.4. The Bertz CT molecular complexity index is 259. The van der Waals surface area contributed by atoms with Gasteiger partial charge in [-0.15, -0.1) is 0 Å². The average molecular weight is 234 g/mol. The van der Waals surface area contributed by atoms with Crippen molar-refractivity contribution in [2.45, 2.75) is 32.6 Å². The number of rotatable bonds is 6. The van der Waals surface area contributed by atoms with Gasteiger partial charge in [0.2, 0.25) is 10.0 Å². The second kappa shape index (κ2) is 6.45. The lowest BCUT2D eigenvalue weighted by Gasteiger charge is -2.26. The van der Waals surface area contributed by atoms with Crippen LogP contribution >= 0.6 is 0 Å². The molecule has 1 rings (SSSR count). The molecule has 0 amide bonds. The number of hydrogen-bond donors (Lipinski definition) is 1. The molecule has 0 aromatic heterocycles. The molecule has 0 spiro atoms. The van der Waals surface area contributed by atoms with Gasteiger partial charge in [0.15, 0.2) is 0 Å². The number of nitrogens with zero attached hydrogens (tertiary/aromatic N) is 1. The highest BCUT2D eigenvalue weighted by Gasteiger charge is 2.11. The van der Waals surface area contributed by atoms with Crippen molar-refractivity contribution in [2.75, 3.05) is 31.9 Å². The first-order valence-electron chi connectivity index (χ1n) is 5.84. The molecule has 1 aliphatic rings. The maximum atomic E-state index is 11.3. The predicted molar refractivity (Wildman–Crippen MR) is 62.4 cm³/mol. The first-order chi connectivity index (χ1) is 7.14. The number of hydrogen-bond acceptors (Lipinski definition) is 3. The summed E-state index contributed by atoms with van der Waals surface area (Å²) in [5.74, 6) is 0.243. The van der Waals surface area contributed by atoms with Crippen LogP contribution in [0.3, 0.4) is 0 Å². The van der Waals surface area contributed by atoms with E-state index in [1.165, 1.54) is 19.3 Å². The van der Waals surface area contributed by atoms with Crippen LogP contribution < -0.4 is 4.72 Å². The Labute approximate surface area is 93.1 Å². The third kappa shape index (κ3) is 5.49. The molecule has 0 radical (unpaired) electrons. The molecule has 1 aliphatic heterocycles. The Morgan fingerprint density at radius 1 is 1.20 bits per heavy atom. The molecule has 1 heterocycles. The van der Waals surface area contributed by atoms with Crippen LogP contribution in [0.5, 0.6) is 0 Å². The van der Waals surface area contributed by atoms with Crippen LogP contribution in [0, 0.1) is 0 Å². The topological polar surface area (TPSA) is 49.4 Å². The maximum Gasteiger partial charge on any atom is 0.211 e. The van der Waals surface area contributed by atoms with Crippen molar-refractivity contribution in [3.8, 4) is 0 Å². The first kappa shape index (κ1) is 12.9. The number of sulfonamides is 1. The third-order valence-electron chi connectivity index (χ3n) is 2.67. The summed E-state index contributed by atoms with van der Waals surface area (Å²) < 4.78 is 25.3. The van der Waals surface area contributed by atoms with Crippen LogP contribution in [0.25, 0.3) is 0 Å². The molecule has 0 saturated carbocycles. The molecule has 1 N–H and O–H groups in total. The molecular weight excluding hydrogens is 212 g/mol. The fourth-order valence-corrected chi connectivity index (χ4v) is 2.97. The van der Waals surface area contributed by atoms with Gasteiger partial charge in [0.05, 0.1) is 5.75 Å². The summed E-state index contributed by atoms with van der Waals surface area (Å²) in [6.45, 7) is 5.53. The van der Waals surface area contributed by atoms with Crippen LogP contribution in [0.2, 0.25) is 0 Å². The molecular formula is C10H22N2O2S. The van der Waals surface area contributed by atoms with E-state index < -0.39 is 10.0 Å². The molecule has 4 nitrogen and oxygen atoms in total. The minimum Gasteiger partial charge on any atom is -0.302 e. The Morgan fingerprint density at radius 2 is 1.87 bits per heavy atom. The summed E-state index contributed by atoms with van der Waals surface area (Å²) in [6.07, 6.45) is 4.50. The van der Waals surface area contributed by atoms with E-state index in [4.69, 9.17) is 0 Å². The molecule has 1 saturated heterocycles. The van der Waals surface area contributed by atoms with Crippen molar-refractivity contribution >= 4 is 10.0 Å². The van der Waals surface area contributed by atoms with Gasteiger partial charge in [-0.25, -0.2) is 13.1 Å². The van der Waals surface area contributed by atoms with Gasteiger partial charge in [-0.1, -0.05) is 13.3 Å². The van der Waals surface area contributed by atoms with Crippen molar-refractivity contribution in [1.82, 2.24) is 9.62 Å². The van der Waals surface area contributed by atoms with Crippen molar-refractivity contribution < 1.29 is 8.42 Å². The molecule has 5 heteroatoms. The zero-order valence-electron chi connectivity index (χ0n) is 9.54. The number of likely N-dealkylation sites (tertiary alicyclic amines) is 1. The van der Waals surface area contributed by atoms with Gasteiger partial charge in [-0.3, -0.25) is 0 Å². The van der Waals surface area contributed by atoms with Crippen LogP contribution in [0.15, 0.2) is 0 Å². The SMILES string of the molecule is CCCS(=O)(=O)NCCN1CCCCC1. The van der Waals surface area contributed by atoms with E-state index in [1.807, 2.05) is 6.92 Å². The van der Waals surface area contributed by atoms with Crippen molar-refractivity contribution in [3.05, 3.63) is 0 Å². The largest absolute Gasteiger partial charge is 0.302 e. The molecule has 0 aromatic carbocycles. The standard InChI is InChI=1S/C10H22N2O2S/c1-2-10-15(13,14)11-6-9-12-7-4-3-5-8-12/h11H,2-10H2,1H3. The van der Waals surface area contributed by atoms with E-state index in [-0.39, 0.29) is 5.75 Å². The lowest BCUT2D eigenvalue weighted by atomic mass is 10.1. The van der Waals surface area contributed by atoms with Crippen molar-refractivity contribution in [3.63, 3.8) is 0 Å². The summed E-state index contributed by atoms with van der Waals surface area (Å²) in [6, 6.07) is 0. The van der Waals surface area contributed by atoms with Crippen LogP contribution in [0.1, 0.15) is 32.6 Å². The van der Waals surface area contributed by atoms with E-state index in [2.05, 4.69) is 9.62 Å². The third-order valence-corrected chi connectivity index (χ3v) is 4.26. The van der Waals surface area contributed by atoms with E-state index >= 15 is 0 Å². The zero-order chi connectivity index (χ0) is 11.1. The van der Waals surface area contributed by atoms with E-state index in [1.54, 1.807) is 0 Å². The monoisotopic (exact) mass is 234 g/mol. The maximum absolute atomic E-state index is 11.3. The van der Waals surface area contributed by atoms with Crippen LogP contribution in [0.4, 0.5) is 0 Å². The fourth-order valence-electron chi connectivity index (χ4n) is 1.88. The summed E-state index contributed by atoms with van der Waals surface area (Å²) in [5, 5.41) is 0. The van der Waals surface area contributed by atoms with Gasteiger partial charge in [0.1, 0.15) is 0 Å². The summed E-state index contributed by atoms with van der Waals surface area (Å²) in [7, 11) is -3.01. The Hall–Kier alpha value is -0.130. The number of nitrogens with one attached hydrogen (secondary N) is 1. The average Bonchev–Trinajstić information content (AvgIpc) is 2.19. The molecule has 15 heavy (non-hydrogen) atoms. The van der Waals surface area contributed by atoms with E-state index in [9.17, 15) is 8.42 Å².